The lowest BCUT2D eigenvalue weighted by atomic mass is 10.2. The molecule has 2 heterocycles. The number of halogens is 2. The van der Waals surface area contributed by atoms with E-state index in [1.165, 1.54) is 10.7 Å². The van der Waals surface area contributed by atoms with Crippen molar-refractivity contribution in [3.63, 3.8) is 0 Å². The number of benzene rings is 1. The van der Waals surface area contributed by atoms with E-state index in [0.717, 1.165) is 17.7 Å². The van der Waals surface area contributed by atoms with Crippen LogP contribution in [-0.4, -0.2) is 27.3 Å². The molecule has 7 nitrogen and oxygen atoms in total. The SMILES string of the molecule is O=C(NCCn1nc(-c2ccncc2)ccc1=O)Nc1ccc(F)cc1F. The first kappa shape index (κ1) is 18.2. The number of rotatable bonds is 5. The second-order valence-electron chi connectivity index (χ2n) is 5.52. The third-order valence-corrected chi connectivity index (χ3v) is 3.63. The van der Waals surface area contributed by atoms with Crippen LogP contribution >= 0.6 is 0 Å². The van der Waals surface area contributed by atoms with Gasteiger partial charge in [0.05, 0.1) is 17.9 Å². The molecule has 0 aliphatic carbocycles. The Bertz CT molecular complexity index is 1010. The third-order valence-electron chi connectivity index (χ3n) is 3.63. The van der Waals surface area contributed by atoms with Gasteiger partial charge in [-0.05, 0) is 30.3 Å². The summed E-state index contributed by atoms with van der Waals surface area (Å²) in [6.07, 6.45) is 3.24. The predicted octanol–water partition coefficient (Wildman–Crippen LogP) is 2.41. The number of pyridine rings is 1. The molecule has 0 saturated heterocycles. The van der Waals surface area contributed by atoms with Gasteiger partial charge in [0.1, 0.15) is 11.6 Å². The Labute approximate surface area is 152 Å². The molecule has 0 bridgehead atoms. The molecule has 9 heteroatoms. The maximum absolute atomic E-state index is 13.5. The number of anilines is 1. The highest BCUT2D eigenvalue weighted by Crippen LogP contribution is 2.15. The number of urea groups is 1. The van der Waals surface area contributed by atoms with Crippen molar-refractivity contribution in [1.29, 1.82) is 0 Å². The highest BCUT2D eigenvalue weighted by Gasteiger charge is 2.08. The quantitative estimate of drug-likeness (QED) is 0.721. The molecule has 138 valence electrons. The fraction of sp³-hybridized carbons (Fsp3) is 0.111. The van der Waals surface area contributed by atoms with E-state index in [9.17, 15) is 18.4 Å². The van der Waals surface area contributed by atoms with Crippen LogP contribution in [0.25, 0.3) is 11.3 Å². The zero-order chi connectivity index (χ0) is 19.2. The minimum Gasteiger partial charge on any atom is -0.336 e. The first-order valence-corrected chi connectivity index (χ1v) is 8.01. The number of hydrogen-bond acceptors (Lipinski definition) is 4. The largest absolute Gasteiger partial charge is 0.336 e. The van der Waals surface area contributed by atoms with Crippen molar-refractivity contribution in [3.8, 4) is 11.3 Å². The van der Waals surface area contributed by atoms with Crippen LogP contribution in [-0.2, 0) is 6.54 Å². The average molecular weight is 371 g/mol. The Balaban J connectivity index is 1.60. The zero-order valence-electron chi connectivity index (χ0n) is 14.0. The van der Waals surface area contributed by atoms with Crippen LogP contribution in [0, 0.1) is 11.6 Å². The van der Waals surface area contributed by atoms with Gasteiger partial charge < -0.3 is 10.6 Å². The predicted molar refractivity (Wildman–Crippen MR) is 95.1 cm³/mol. The molecule has 0 radical (unpaired) electrons. The molecule has 3 aromatic rings. The van der Waals surface area contributed by atoms with Crippen molar-refractivity contribution in [2.75, 3.05) is 11.9 Å². The first-order chi connectivity index (χ1) is 13.0. The molecule has 0 aliphatic rings. The van der Waals surface area contributed by atoms with Crippen molar-refractivity contribution in [1.82, 2.24) is 20.1 Å². The lowest BCUT2D eigenvalue weighted by molar-refractivity contribution is 0.251. The van der Waals surface area contributed by atoms with Crippen LogP contribution in [0.3, 0.4) is 0 Å². The van der Waals surface area contributed by atoms with Crippen LogP contribution in [0.4, 0.5) is 19.3 Å². The van der Waals surface area contributed by atoms with Gasteiger partial charge in [-0.3, -0.25) is 9.78 Å². The summed E-state index contributed by atoms with van der Waals surface area (Å²) < 4.78 is 27.6. The van der Waals surface area contributed by atoms with Gasteiger partial charge in [0.15, 0.2) is 0 Å². The molecule has 0 unspecified atom stereocenters. The van der Waals surface area contributed by atoms with E-state index in [1.807, 2.05) is 0 Å². The Hall–Kier alpha value is -3.62. The van der Waals surface area contributed by atoms with E-state index in [2.05, 4.69) is 20.7 Å². The normalized spacial score (nSPS) is 10.4. The van der Waals surface area contributed by atoms with Crippen LogP contribution < -0.4 is 16.2 Å². The summed E-state index contributed by atoms with van der Waals surface area (Å²) in [5.41, 5.74) is 0.926. The monoisotopic (exact) mass is 371 g/mol. The average Bonchev–Trinajstić information content (AvgIpc) is 2.66. The van der Waals surface area contributed by atoms with Gasteiger partial charge in [-0.15, -0.1) is 0 Å². The highest BCUT2D eigenvalue weighted by atomic mass is 19.1. The lowest BCUT2D eigenvalue weighted by Gasteiger charge is -2.10. The number of hydrogen-bond donors (Lipinski definition) is 2. The molecule has 0 aliphatic heterocycles. The van der Waals surface area contributed by atoms with Gasteiger partial charge >= 0.3 is 6.03 Å². The Morgan fingerprint density at radius 1 is 1.07 bits per heavy atom. The Morgan fingerprint density at radius 3 is 2.59 bits per heavy atom. The fourth-order valence-electron chi connectivity index (χ4n) is 2.32. The summed E-state index contributed by atoms with van der Waals surface area (Å²) in [5.74, 6) is -1.62. The molecular weight excluding hydrogens is 356 g/mol. The van der Waals surface area contributed by atoms with Crippen molar-refractivity contribution >= 4 is 11.7 Å². The van der Waals surface area contributed by atoms with Crippen molar-refractivity contribution < 1.29 is 13.6 Å². The third kappa shape index (κ3) is 4.72. The second kappa shape index (κ2) is 8.17. The lowest BCUT2D eigenvalue weighted by Crippen LogP contribution is -2.34. The summed E-state index contributed by atoms with van der Waals surface area (Å²) in [7, 11) is 0. The number of nitrogens with one attached hydrogen (secondary N) is 2. The molecule has 0 fully saturated rings. The first-order valence-electron chi connectivity index (χ1n) is 8.01. The van der Waals surface area contributed by atoms with E-state index in [1.54, 1.807) is 30.6 Å². The minimum atomic E-state index is -0.881. The second-order valence-corrected chi connectivity index (χ2v) is 5.52. The number of aromatic nitrogens is 3. The maximum atomic E-state index is 13.5. The molecule has 2 N–H and O–H groups in total. The summed E-state index contributed by atoms with van der Waals surface area (Å²) >= 11 is 0. The number of nitrogens with zero attached hydrogens (tertiary/aromatic N) is 3. The molecule has 2 amide bonds. The van der Waals surface area contributed by atoms with Crippen LogP contribution in [0.2, 0.25) is 0 Å². The maximum Gasteiger partial charge on any atom is 0.319 e. The van der Waals surface area contributed by atoms with Gasteiger partial charge in [-0.2, -0.15) is 5.10 Å². The summed E-state index contributed by atoms with van der Waals surface area (Å²) in [5, 5.41) is 9.01. The molecular formula is C18H15F2N5O2. The van der Waals surface area contributed by atoms with Gasteiger partial charge in [-0.1, -0.05) is 0 Å². The standard InChI is InChI=1S/C18H15F2N5O2/c19-13-1-2-16(14(20)11-13)23-18(27)22-9-10-25-17(26)4-3-15(24-25)12-5-7-21-8-6-12/h1-8,11H,9-10H2,(H2,22,23,27). The van der Waals surface area contributed by atoms with Gasteiger partial charge in [0, 0.05) is 36.6 Å². The number of carbonyl (C=O) groups excluding carboxylic acids is 1. The molecule has 3 rings (SSSR count). The zero-order valence-corrected chi connectivity index (χ0v) is 14.0. The topological polar surface area (TPSA) is 88.9 Å². The molecule has 27 heavy (non-hydrogen) atoms. The molecule has 1 aromatic carbocycles. The van der Waals surface area contributed by atoms with E-state index < -0.39 is 17.7 Å². The summed E-state index contributed by atoms with van der Waals surface area (Å²) in [6, 6.07) is 8.66. The summed E-state index contributed by atoms with van der Waals surface area (Å²) in [6.45, 7) is 0.207. The fourth-order valence-corrected chi connectivity index (χ4v) is 2.32. The van der Waals surface area contributed by atoms with E-state index in [4.69, 9.17) is 0 Å². The highest BCUT2D eigenvalue weighted by molar-refractivity contribution is 5.89. The molecule has 0 spiro atoms. The van der Waals surface area contributed by atoms with Crippen molar-refractivity contribution in [2.24, 2.45) is 0 Å². The summed E-state index contributed by atoms with van der Waals surface area (Å²) in [4.78, 5) is 27.7. The van der Waals surface area contributed by atoms with Crippen molar-refractivity contribution in [2.45, 2.75) is 6.54 Å². The van der Waals surface area contributed by atoms with Crippen LogP contribution in [0.15, 0.2) is 59.7 Å². The molecule has 0 atom stereocenters. The van der Waals surface area contributed by atoms with E-state index in [0.29, 0.717) is 11.8 Å². The Morgan fingerprint density at radius 2 is 1.85 bits per heavy atom. The van der Waals surface area contributed by atoms with Gasteiger partial charge in [-0.25, -0.2) is 18.3 Å². The minimum absolute atomic E-state index is 0.0847. The van der Waals surface area contributed by atoms with E-state index >= 15 is 0 Å². The van der Waals surface area contributed by atoms with Gasteiger partial charge in [0.2, 0.25) is 0 Å². The molecule has 0 saturated carbocycles. The van der Waals surface area contributed by atoms with Crippen LogP contribution in [0.1, 0.15) is 0 Å². The van der Waals surface area contributed by atoms with Crippen LogP contribution in [0.5, 0.6) is 0 Å². The number of carbonyl (C=O) groups is 1. The number of amides is 2. The Kier molecular flexibility index (Phi) is 5.50. The molecule has 2 aromatic heterocycles. The van der Waals surface area contributed by atoms with Crippen molar-refractivity contribution in [3.05, 3.63) is 76.8 Å². The van der Waals surface area contributed by atoms with Gasteiger partial charge in [0.25, 0.3) is 5.56 Å². The van der Waals surface area contributed by atoms with E-state index in [-0.39, 0.29) is 24.3 Å². The smallest absolute Gasteiger partial charge is 0.319 e.